The van der Waals surface area contributed by atoms with Gasteiger partial charge < -0.3 is 14.8 Å². The normalized spacial score (nSPS) is 12.0. The fourth-order valence-corrected chi connectivity index (χ4v) is 3.24. The Bertz CT molecular complexity index is 634. The van der Waals surface area contributed by atoms with E-state index in [1.54, 1.807) is 20.3 Å². The van der Waals surface area contributed by atoms with Crippen LogP contribution in [0.2, 0.25) is 5.02 Å². The van der Waals surface area contributed by atoms with Crippen molar-refractivity contribution < 1.29 is 9.47 Å². The largest absolute Gasteiger partial charge is 0.493 e. The summed E-state index contributed by atoms with van der Waals surface area (Å²) in [5, 5.41) is 3.96. The molecule has 0 radical (unpaired) electrons. The Morgan fingerprint density at radius 3 is 2.24 bits per heavy atom. The predicted molar refractivity (Wildman–Crippen MR) is 94.6 cm³/mol. The van der Waals surface area contributed by atoms with Gasteiger partial charge in [0.25, 0.3) is 0 Å². The molecule has 0 fully saturated rings. The van der Waals surface area contributed by atoms with Gasteiger partial charge in [0.2, 0.25) is 0 Å². The summed E-state index contributed by atoms with van der Waals surface area (Å²) in [7, 11) is 5.14. The van der Waals surface area contributed by atoms with Crippen LogP contribution in [-0.4, -0.2) is 21.3 Å². The molecule has 0 amide bonds. The van der Waals surface area contributed by atoms with Gasteiger partial charge in [-0.1, -0.05) is 29.8 Å². The highest BCUT2D eigenvalue weighted by atomic mass is 127. The number of benzene rings is 2. The van der Waals surface area contributed by atoms with Crippen molar-refractivity contribution >= 4 is 34.2 Å². The summed E-state index contributed by atoms with van der Waals surface area (Å²) in [4.78, 5) is 0. The molecule has 0 aliphatic heterocycles. The third-order valence-electron chi connectivity index (χ3n) is 3.32. The minimum atomic E-state index is -0.00888. The SMILES string of the molecule is CNC(c1cc(OC)c(OC)cc1Cl)c1ccccc1I. The Labute approximate surface area is 143 Å². The summed E-state index contributed by atoms with van der Waals surface area (Å²) in [6.07, 6.45) is 0. The standard InChI is InChI=1S/C16H17ClINO2/c1-19-16(10-6-4-5-7-13(10)18)11-8-14(20-2)15(21-3)9-12(11)17/h4-9,16,19H,1-3H3. The monoisotopic (exact) mass is 417 g/mol. The van der Waals surface area contributed by atoms with Crippen molar-refractivity contribution in [3.63, 3.8) is 0 Å². The van der Waals surface area contributed by atoms with Crippen LogP contribution in [0, 0.1) is 3.57 Å². The van der Waals surface area contributed by atoms with E-state index >= 15 is 0 Å². The molecular formula is C16H17ClINO2. The van der Waals surface area contributed by atoms with E-state index in [0.717, 1.165) is 5.56 Å². The van der Waals surface area contributed by atoms with Crippen LogP contribution in [0.3, 0.4) is 0 Å². The minimum absolute atomic E-state index is 0.00888. The number of halogens is 2. The van der Waals surface area contributed by atoms with E-state index in [1.165, 1.54) is 9.13 Å². The van der Waals surface area contributed by atoms with Gasteiger partial charge in [-0.25, -0.2) is 0 Å². The lowest BCUT2D eigenvalue weighted by molar-refractivity contribution is 0.354. The van der Waals surface area contributed by atoms with Gasteiger partial charge in [0.05, 0.1) is 20.3 Å². The van der Waals surface area contributed by atoms with E-state index in [-0.39, 0.29) is 6.04 Å². The highest BCUT2D eigenvalue weighted by Crippen LogP contribution is 2.38. The first kappa shape index (κ1) is 16.4. The van der Waals surface area contributed by atoms with Crippen molar-refractivity contribution in [1.29, 1.82) is 0 Å². The van der Waals surface area contributed by atoms with E-state index in [2.05, 4.69) is 40.0 Å². The summed E-state index contributed by atoms with van der Waals surface area (Å²) < 4.78 is 11.8. The first-order valence-electron chi connectivity index (χ1n) is 6.45. The molecule has 0 saturated carbocycles. The third kappa shape index (κ3) is 3.44. The van der Waals surface area contributed by atoms with Crippen molar-refractivity contribution in [2.75, 3.05) is 21.3 Å². The summed E-state index contributed by atoms with van der Waals surface area (Å²) in [5.41, 5.74) is 2.13. The molecule has 1 unspecified atom stereocenters. The summed E-state index contributed by atoms with van der Waals surface area (Å²) in [6, 6.07) is 11.9. The Kier molecular flexibility index (Phi) is 5.72. The molecule has 1 atom stereocenters. The van der Waals surface area contributed by atoms with Crippen LogP contribution in [0.15, 0.2) is 36.4 Å². The van der Waals surface area contributed by atoms with E-state index < -0.39 is 0 Å². The molecular weight excluding hydrogens is 401 g/mol. The molecule has 0 aliphatic rings. The fourth-order valence-electron chi connectivity index (χ4n) is 2.28. The molecule has 2 aromatic carbocycles. The van der Waals surface area contributed by atoms with E-state index in [0.29, 0.717) is 16.5 Å². The van der Waals surface area contributed by atoms with Crippen molar-refractivity contribution in [2.24, 2.45) is 0 Å². The smallest absolute Gasteiger partial charge is 0.162 e. The zero-order chi connectivity index (χ0) is 15.4. The molecule has 1 N–H and O–H groups in total. The number of hydrogen-bond acceptors (Lipinski definition) is 3. The van der Waals surface area contributed by atoms with Gasteiger partial charge in [0, 0.05) is 14.7 Å². The molecule has 2 rings (SSSR count). The van der Waals surface area contributed by atoms with Gasteiger partial charge in [0.1, 0.15) is 0 Å². The zero-order valence-corrected chi connectivity index (χ0v) is 15.0. The van der Waals surface area contributed by atoms with E-state index in [1.807, 2.05) is 25.2 Å². The van der Waals surface area contributed by atoms with Crippen LogP contribution in [0.5, 0.6) is 11.5 Å². The highest BCUT2D eigenvalue weighted by Gasteiger charge is 2.20. The van der Waals surface area contributed by atoms with Gasteiger partial charge in [-0.2, -0.15) is 0 Å². The topological polar surface area (TPSA) is 30.5 Å². The Morgan fingerprint density at radius 1 is 1.05 bits per heavy atom. The van der Waals surface area contributed by atoms with Gasteiger partial charge in [0.15, 0.2) is 11.5 Å². The second kappa shape index (κ2) is 7.33. The second-order valence-electron chi connectivity index (χ2n) is 4.47. The maximum Gasteiger partial charge on any atom is 0.162 e. The van der Waals surface area contributed by atoms with Crippen LogP contribution in [-0.2, 0) is 0 Å². The summed E-state index contributed by atoms with van der Waals surface area (Å²) in [6.45, 7) is 0. The summed E-state index contributed by atoms with van der Waals surface area (Å²) in [5.74, 6) is 1.30. The van der Waals surface area contributed by atoms with Crippen molar-refractivity contribution in [2.45, 2.75) is 6.04 Å². The minimum Gasteiger partial charge on any atom is -0.493 e. The first-order chi connectivity index (χ1) is 10.1. The van der Waals surface area contributed by atoms with Crippen LogP contribution < -0.4 is 14.8 Å². The van der Waals surface area contributed by atoms with Crippen LogP contribution in [0.4, 0.5) is 0 Å². The molecule has 5 heteroatoms. The molecule has 0 aliphatic carbocycles. The Balaban J connectivity index is 2.55. The first-order valence-corrected chi connectivity index (χ1v) is 7.91. The number of nitrogens with one attached hydrogen (secondary N) is 1. The maximum absolute atomic E-state index is 6.43. The van der Waals surface area contributed by atoms with Crippen LogP contribution in [0.25, 0.3) is 0 Å². The van der Waals surface area contributed by atoms with Gasteiger partial charge in [-0.15, -0.1) is 0 Å². The molecule has 2 aromatic rings. The molecule has 0 aromatic heterocycles. The third-order valence-corrected chi connectivity index (χ3v) is 4.63. The molecule has 0 spiro atoms. The van der Waals surface area contributed by atoms with Crippen molar-refractivity contribution in [3.8, 4) is 11.5 Å². The molecule has 3 nitrogen and oxygen atoms in total. The lowest BCUT2D eigenvalue weighted by Crippen LogP contribution is -2.19. The molecule has 21 heavy (non-hydrogen) atoms. The molecule has 0 saturated heterocycles. The Hall–Kier alpha value is -0.980. The average Bonchev–Trinajstić information content (AvgIpc) is 2.50. The molecule has 112 valence electrons. The van der Waals surface area contributed by atoms with Crippen molar-refractivity contribution in [1.82, 2.24) is 5.32 Å². The molecule has 0 bridgehead atoms. The Morgan fingerprint density at radius 2 is 1.67 bits per heavy atom. The quantitative estimate of drug-likeness (QED) is 0.737. The van der Waals surface area contributed by atoms with E-state index in [4.69, 9.17) is 21.1 Å². The zero-order valence-electron chi connectivity index (χ0n) is 12.1. The fraction of sp³-hybridized carbons (Fsp3) is 0.250. The van der Waals surface area contributed by atoms with Gasteiger partial charge in [-0.3, -0.25) is 0 Å². The van der Waals surface area contributed by atoms with E-state index in [9.17, 15) is 0 Å². The average molecular weight is 418 g/mol. The second-order valence-corrected chi connectivity index (χ2v) is 6.04. The van der Waals surface area contributed by atoms with Crippen molar-refractivity contribution in [3.05, 3.63) is 56.1 Å². The summed E-state index contributed by atoms with van der Waals surface area (Å²) >= 11 is 8.77. The lowest BCUT2D eigenvalue weighted by Gasteiger charge is -2.21. The highest BCUT2D eigenvalue weighted by molar-refractivity contribution is 14.1. The van der Waals surface area contributed by atoms with Crippen LogP contribution in [0.1, 0.15) is 17.2 Å². The van der Waals surface area contributed by atoms with Gasteiger partial charge >= 0.3 is 0 Å². The van der Waals surface area contributed by atoms with Gasteiger partial charge in [-0.05, 0) is 52.9 Å². The number of ether oxygens (including phenoxy) is 2. The lowest BCUT2D eigenvalue weighted by atomic mass is 9.98. The molecule has 0 heterocycles. The predicted octanol–water partition coefficient (Wildman–Crippen LogP) is 4.27. The van der Waals surface area contributed by atoms with Crippen LogP contribution >= 0.6 is 34.2 Å². The maximum atomic E-state index is 6.43. The number of rotatable bonds is 5. The number of methoxy groups -OCH3 is 2. The number of hydrogen-bond donors (Lipinski definition) is 1.